The maximum atomic E-state index is 5.46. The summed E-state index contributed by atoms with van der Waals surface area (Å²) in [5.74, 6) is 0.241. The Labute approximate surface area is 90.1 Å². The van der Waals surface area contributed by atoms with Gasteiger partial charge in [-0.25, -0.2) is 9.97 Å². The van der Waals surface area contributed by atoms with E-state index in [9.17, 15) is 0 Å². The number of halogens is 1. The largest absolute Gasteiger partial charge is 0.368 e. The molecule has 2 aromatic rings. The third kappa shape index (κ3) is 1.90. The molecule has 69 valence electrons. The predicted molar refractivity (Wildman–Crippen MR) is 58.4 cm³/mol. The number of anilines is 1. The third-order valence-electron chi connectivity index (χ3n) is 1.76. The van der Waals surface area contributed by atoms with Crippen LogP contribution in [0.15, 0.2) is 34.8 Å². The van der Waals surface area contributed by atoms with Gasteiger partial charge in [-0.2, -0.15) is 0 Å². The fraction of sp³-hybridized carbons (Fsp3) is 0. The monoisotopic (exact) mass is 248 g/mol. The minimum absolute atomic E-state index is 0.241. The lowest BCUT2D eigenvalue weighted by atomic mass is 10.1. The van der Waals surface area contributed by atoms with E-state index in [0.717, 1.165) is 15.7 Å². The maximum absolute atomic E-state index is 5.46. The molecule has 2 rings (SSSR count). The zero-order valence-corrected chi connectivity index (χ0v) is 8.82. The van der Waals surface area contributed by atoms with E-state index >= 15 is 0 Å². The fourth-order valence-corrected chi connectivity index (χ4v) is 1.37. The van der Waals surface area contributed by atoms with Crippen molar-refractivity contribution in [2.45, 2.75) is 0 Å². The second kappa shape index (κ2) is 3.75. The fourth-order valence-electron chi connectivity index (χ4n) is 1.11. The predicted octanol–water partition coefficient (Wildman–Crippen LogP) is 2.29. The van der Waals surface area contributed by atoms with Gasteiger partial charge >= 0.3 is 0 Å². The number of nitrogen functional groups attached to an aromatic ring is 1. The number of benzene rings is 1. The smallest absolute Gasteiger partial charge is 0.221 e. The zero-order valence-electron chi connectivity index (χ0n) is 7.24. The molecule has 3 nitrogen and oxygen atoms in total. The van der Waals surface area contributed by atoms with Gasteiger partial charge in [-0.15, -0.1) is 0 Å². The molecular weight excluding hydrogens is 242 g/mol. The lowest BCUT2D eigenvalue weighted by molar-refractivity contribution is 1.18. The molecule has 0 fully saturated rings. The average Bonchev–Trinajstić information content (AvgIpc) is 2.19. The highest BCUT2D eigenvalue weighted by atomic mass is 79.9. The first-order valence-corrected chi connectivity index (χ1v) is 4.81. The highest BCUT2D eigenvalue weighted by Crippen LogP contribution is 2.19. The highest BCUT2D eigenvalue weighted by molar-refractivity contribution is 9.10. The van der Waals surface area contributed by atoms with Crippen LogP contribution in [-0.2, 0) is 0 Å². The Kier molecular flexibility index (Phi) is 2.45. The van der Waals surface area contributed by atoms with E-state index in [4.69, 9.17) is 5.73 Å². The topological polar surface area (TPSA) is 51.8 Å². The van der Waals surface area contributed by atoms with Crippen LogP contribution in [0.2, 0.25) is 0 Å². The summed E-state index contributed by atoms with van der Waals surface area (Å²) in [5, 5.41) is 0. The minimum atomic E-state index is 0.241. The minimum Gasteiger partial charge on any atom is -0.368 e. The molecule has 0 amide bonds. The summed E-state index contributed by atoms with van der Waals surface area (Å²) in [6.45, 7) is 0. The number of aromatic nitrogens is 2. The Morgan fingerprint density at radius 1 is 1.21 bits per heavy atom. The molecule has 0 bridgehead atoms. The van der Waals surface area contributed by atoms with Crippen molar-refractivity contribution < 1.29 is 0 Å². The van der Waals surface area contributed by atoms with Gasteiger partial charge in [-0.1, -0.05) is 28.1 Å². The molecule has 2 N–H and O–H groups in total. The number of nitrogens with zero attached hydrogens (tertiary/aromatic N) is 2. The van der Waals surface area contributed by atoms with E-state index in [1.54, 1.807) is 6.07 Å². The molecule has 4 heteroatoms. The van der Waals surface area contributed by atoms with Crippen molar-refractivity contribution >= 4 is 21.9 Å². The summed E-state index contributed by atoms with van der Waals surface area (Å²) in [6, 6.07) is 9.53. The Morgan fingerprint density at radius 3 is 2.57 bits per heavy atom. The molecule has 0 aliphatic rings. The molecular formula is C10H7BrN3. The molecule has 1 aromatic heterocycles. The van der Waals surface area contributed by atoms with Gasteiger partial charge in [0.25, 0.3) is 0 Å². The standard InChI is InChI=1S/C10H7BrN3/c11-8-3-1-7(2-4-8)9-5-6-13-10(12)14-9/h1-5H,(H2,12,13,14). The Bertz CT molecular complexity index is 439. The van der Waals surface area contributed by atoms with Crippen molar-refractivity contribution in [1.82, 2.24) is 9.97 Å². The van der Waals surface area contributed by atoms with Gasteiger partial charge < -0.3 is 5.73 Å². The van der Waals surface area contributed by atoms with Crippen molar-refractivity contribution in [3.05, 3.63) is 41.0 Å². The molecule has 1 heterocycles. The van der Waals surface area contributed by atoms with E-state index in [1.165, 1.54) is 0 Å². The second-order valence-electron chi connectivity index (χ2n) is 2.75. The number of hydrogen-bond donors (Lipinski definition) is 1. The molecule has 0 saturated heterocycles. The number of rotatable bonds is 1. The lowest BCUT2D eigenvalue weighted by Gasteiger charge is -2.00. The molecule has 0 unspecified atom stereocenters. The van der Waals surface area contributed by atoms with Crippen LogP contribution >= 0.6 is 15.9 Å². The first kappa shape index (κ1) is 9.15. The van der Waals surface area contributed by atoms with Gasteiger partial charge in [0.1, 0.15) is 0 Å². The summed E-state index contributed by atoms with van der Waals surface area (Å²) in [4.78, 5) is 7.81. The first-order valence-electron chi connectivity index (χ1n) is 4.02. The number of hydrogen-bond acceptors (Lipinski definition) is 3. The van der Waals surface area contributed by atoms with Crippen molar-refractivity contribution in [3.8, 4) is 11.3 Å². The molecule has 0 atom stereocenters. The van der Waals surface area contributed by atoms with Crippen LogP contribution in [0, 0.1) is 6.20 Å². The van der Waals surface area contributed by atoms with E-state index in [1.807, 2.05) is 24.3 Å². The van der Waals surface area contributed by atoms with Gasteiger partial charge in [0.05, 0.1) is 11.9 Å². The molecule has 0 aliphatic carbocycles. The molecule has 1 aromatic carbocycles. The third-order valence-corrected chi connectivity index (χ3v) is 2.28. The van der Waals surface area contributed by atoms with Gasteiger partial charge in [0.15, 0.2) is 0 Å². The summed E-state index contributed by atoms with van der Waals surface area (Å²) >= 11 is 3.37. The second-order valence-corrected chi connectivity index (χ2v) is 3.66. The van der Waals surface area contributed by atoms with E-state index in [-0.39, 0.29) is 5.95 Å². The number of nitrogens with two attached hydrogens (primary N) is 1. The maximum Gasteiger partial charge on any atom is 0.221 e. The van der Waals surface area contributed by atoms with Crippen LogP contribution in [0.5, 0.6) is 0 Å². The molecule has 0 aliphatic heterocycles. The van der Waals surface area contributed by atoms with Crippen molar-refractivity contribution in [2.24, 2.45) is 0 Å². The Balaban J connectivity index is 2.44. The molecule has 1 radical (unpaired) electrons. The quantitative estimate of drug-likeness (QED) is 0.843. The normalized spacial score (nSPS) is 10.1. The summed E-state index contributed by atoms with van der Waals surface area (Å²) in [5.41, 5.74) is 7.24. The van der Waals surface area contributed by atoms with Crippen molar-refractivity contribution in [1.29, 1.82) is 0 Å². The van der Waals surface area contributed by atoms with Crippen LogP contribution in [-0.4, -0.2) is 9.97 Å². The van der Waals surface area contributed by atoms with Crippen molar-refractivity contribution in [3.63, 3.8) is 0 Å². The average molecular weight is 249 g/mol. The summed E-state index contributed by atoms with van der Waals surface area (Å²) in [6.07, 6.45) is 2.69. The van der Waals surface area contributed by atoms with Crippen LogP contribution in [0.1, 0.15) is 0 Å². The lowest BCUT2D eigenvalue weighted by Crippen LogP contribution is -1.95. The van der Waals surface area contributed by atoms with Gasteiger partial charge in [0, 0.05) is 10.0 Å². The SMILES string of the molecule is Nc1n[c]cc(-c2ccc(Br)cc2)n1. The van der Waals surface area contributed by atoms with Gasteiger partial charge in [-0.3, -0.25) is 0 Å². The highest BCUT2D eigenvalue weighted by Gasteiger charge is 1.99. The van der Waals surface area contributed by atoms with Crippen LogP contribution in [0.25, 0.3) is 11.3 Å². The summed E-state index contributed by atoms with van der Waals surface area (Å²) < 4.78 is 1.03. The zero-order chi connectivity index (χ0) is 9.97. The van der Waals surface area contributed by atoms with E-state index in [0.29, 0.717) is 0 Å². The van der Waals surface area contributed by atoms with Gasteiger partial charge in [0.2, 0.25) is 5.95 Å². The molecule has 0 saturated carbocycles. The van der Waals surface area contributed by atoms with E-state index in [2.05, 4.69) is 32.1 Å². The Hall–Kier alpha value is -1.42. The van der Waals surface area contributed by atoms with E-state index < -0.39 is 0 Å². The van der Waals surface area contributed by atoms with Crippen LogP contribution in [0.3, 0.4) is 0 Å². The van der Waals surface area contributed by atoms with Crippen LogP contribution < -0.4 is 5.73 Å². The van der Waals surface area contributed by atoms with Crippen LogP contribution in [0.4, 0.5) is 5.95 Å². The molecule has 0 spiro atoms. The first-order chi connectivity index (χ1) is 6.75. The van der Waals surface area contributed by atoms with Gasteiger partial charge in [-0.05, 0) is 18.2 Å². The summed E-state index contributed by atoms with van der Waals surface area (Å²) in [7, 11) is 0. The van der Waals surface area contributed by atoms with Crippen molar-refractivity contribution in [2.75, 3.05) is 5.73 Å². The molecule has 14 heavy (non-hydrogen) atoms. The Morgan fingerprint density at radius 2 is 1.93 bits per heavy atom.